The molecule has 0 bridgehead atoms. The number of halogens is 1. The van der Waals surface area contributed by atoms with Crippen molar-refractivity contribution in [3.05, 3.63) is 28.2 Å². The number of anilines is 1. The SMILES string of the molecule is Cc1ccc(NCO)c(Br)c1. The van der Waals surface area contributed by atoms with Crippen LogP contribution in [-0.4, -0.2) is 11.8 Å². The second kappa shape index (κ2) is 3.74. The van der Waals surface area contributed by atoms with Crippen molar-refractivity contribution in [3.8, 4) is 0 Å². The molecule has 0 heterocycles. The third kappa shape index (κ3) is 2.20. The minimum absolute atomic E-state index is 0.0400. The summed E-state index contributed by atoms with van der Waals surface area (Å²) in [5.74, 6) is 0. The smallest absolute Gasteiger partial charge is 0.113 e. The quantitative estimate of drug-likeness (QED) is 0.742. The summed E-state index contributed by atoms with van der Waals surface area (Å²) in [7, 11) is 0. The highest BCUT2D eigenvalue weighted by Gasteiger charge is 1.96. The van der Waals surface area contributed by atoms with E-state index in [0.29, 0.717) is 0 Å². The second-order valence-corrected chi connectivity index (χ2v) is 3.17. The van der Waals surface area contributed by atoms with Gasteiger partial charge in [0, 0.05) is 4.47 Å². The van der Waals surface area contributed by atoms with Gasteiger partial charge in [-0.2, -0.15) is 0 Å². The third-order valence-electron chi connectivity index (χ3n) is 1.39. The molecule has 0 aliphatic carbocycles. The highest BCUT2D eigenvalue weighted by atomic mass is 79.9. The third-order valence-corrected chi connectivity index (χ3v) is 2.05. The highest BCUT2D eigenvalue weighted by molar-refractivity contribution is 9.10. The van der Waals surface area contributed by atoms with Crippen molar-refractivity contribution in [2.75, 3.05) is 12.0 Å². The Morgan fingerprint density at radius 3 is 2.82 bits per heavy atom. The highest BCUT2D eigenvalue weighted by Crippen LogP contribution is 2.22. The molecule has 0 aliphatic heterocycles. The van der Waals surface area contributed by atoms with Crippen molar-refractivity contribution in [3.63, 3.8) is 0 Å². The van der Waals surface area contributed by atoms with Crippen molar-refractivity contribution < 1.29 is 5.11 Å². The maximum absolute atomic E-state index is 8.58. The molecule has 2 N–H and O–H groups in total. The monoisotopic (exact) mass is 215 g/mol. The number of aliphatic hydroxyl groups excluding tert-OH is 1. The molecule has 1 aromatic rings. The molecule has 0 saturated heterocycles. The zero-order chi connectivity index (χ0) is 8.27. The Balaban J connectivity index is 2.90. The lowest BCUT2D eigenvalue weighted by atomic mass is 10.2. The maximum Gasteiger partial charge on any atom is 0.113 e. The van der Waals surface area contributed by atoms with E-state index >= 15 is 0 Å². The van der Waals surface area contributed by atoms with Gasteiger partial charge in [0.15, 0.2) is 0 Å². The molecule has 1 rings (SSSR count). The first kappa shape index (κ1) is 8.56. The lowest BCUT2D eigenvalue weighted by Gasteiger charge is -2.05. The molecule has 2 nitrogen and oxygen atoms in total. The van der Waals surface area contributed by atoms with Crippen LogP contribution in [0.4, 0.5) is 5.69 Å². The Hall–Kier alpha value is -0.540. The molecular formula is C8H10BrNO. The summed E-state index contributed by atoms with van der Waals surface area (Å²) in [4.78, 5) is 0. The van der Waals surface area contributed by atoms with Crippen molar-refractivity contribution in [1.29, 1.82) is 0 Å². The zero-order valence-corrected chi connectivity index (χ0v) is 7.85. The average molecular weight is 216 g/mol. The largest absolute Gasteiger partial charge is 0.377 e. The average Bonchev–Trinajstić information content (AvgIpc) is 1.95. The first-order chi connectivity index (χ1) is 5.24. The van der Waals surface area contributed by atoms with E-state index in [1.54, 1.807) is 0 Å². The summed E-state index contributed by atoms with van der Waals surface area (Å²) in [6.45, 7) is 1.98. The van der Waals surface area contributed by atoms with E-state index in [9.17, 15) is 0 Å². The molecule has 0 amide bonds. The minimum Gasteiger partial charge on any atom is -0.377 e. The summed E-state index contributed by atoms with van der Waals surface area (Å²) in [5, 5.41) is 11.4. The lowest BCUT2D eigenvalue weighted by Crippen LogP contribution is -1.99. The van der Waals surface area contributed by atoms with Gasteiger partial charge in [0.1, 0.15) is 6.73 Å². The van der Waals surface area contributed by atoms with Crippen molar-refractivity contribution in [2.24, 2.45) is 0 Å². The summed E-state index contributed by atoms with van der Waals surface area (Å²) in [6, 6.07) is 5.91. The van der Waals surface area contributed by atoms with E-state index in [1.807, 2.05) is 25.1 Å². The fraction of sp³-hybridized carbons (Fsp3) is 0.250. The van der Waals surface area contributed by atoms with Crippen molar-refractivity contribution in [2.45, 2.75) is 6.92 Å². The van der Waals surface area contributed by atoms with Gasteiger partial charge in [-0.15, -0.1) is 0 Å². The standard InChI is InChI=1S/C8H10BrNO/c1-6-2-3-8(10-5-11)7(9)4-6/h2-4,10-11H,5H2,1H3. The van der Waals surface area contributed by atoms with Gasteiger partial charge >= 0.3 is 0 Å². The van der Waals surface area contributed by atoms with Crippen molar-refractivity contribution >= 4 is 21.6 Å². The van der Waals surface area contributed by atoms with Crippen LogP contribution >= 0.6 is 15.9 Å². The summed E-state index contributed by atoms with van der Waals surface area (Å²) < 4.78 is 0.978. The van der Waals surface area contributed by atoms with E-state index in [4.69, 9.17) is 5.11 Å². The van der Waals surface area contributed by atoms with E-state index in [1.165, 1.54) is 5.56 Å². The van der Waals surface area contributed by atoms with Crippen LogP contribution in [0.1, 0.15) is 5.56 Å². The number of hydrogen-bond donors (Lipinski definition) is 2. The second-order valence-electron chi connectivity index (χ2n) is 2.32. The Morgan fingerprint density at radius 2 is 2.27 bits per heavy atom. The molecular weight excluding hydrogens is 206 g/mol. The minimum atomic E-state index is -0.0400. The number of aryl methyl sites for hydroxylation is 1. The van der Waals surface area contributed by atoms with Gasteiger partial charge in [-0.05, 0) is 40.5 Å². The van der Waals surface area contributed by atoms with Crippen molar-refractivity contribution in [1.82, 2.24) is 0 Å². The van der Waals surface area contributed by atoms with Gasteiger partial charge in [-0.1, -0.05) is 6.07 Å². The number of aliphatic hydroxyl groups is 1. The van der Waals surface area contributed by atoms with E-state index in [-0.39, 0.29) is 6.73 Å². The Bertz CT molecular complexity index is 250. The number of rotatable bonds is 2. The van der Waals surface area contributed by atoms with Gasteiger partial charge in [0.2, 0.25) is 0 Å². The maximum atomic E-state index is 8.58. The molecule has 0 spiro atoms. The summed E-state index contributed by atoms with van der Waals surface area (Å²) in [5.41, 5.74) is 2.11. The number of hydrogen-bond acceptors (Lipinski definition) is 2. The molecule has 0 unspecified atom stereocenters. The van der Waals surface area contributed by atoms with Crippen LogP contribution in [-0.2, 0) is 0 Å². The molecule has 0 atom stereocenters. The molecule has 0 fully saturated rings. The molecule has 0 radical (unpaired) electrons. The first-order valence-corrected chi connectivity index (χ1v) is 4.14. The number of nitrogens with one attached hydrogen (secondary N) is 1. The normalized spacial score (nSPS) is 9.73. The van der Waals surface area contributed by atoms with Gasteiger partial charge in [0.05, 0.1) is 5.69 Å². The van der Waals surface area contributed by atoms with Crippen LogP contribution in [0.2, 0.25) is 0 Å². The molecule has 60 valence electrons. The first-order valence-electron chi connectivity index (χ1n) is 3.35. The predicted molar refractivity (Wildman–Crippen MR) is 49.6 cm³/mol. The fourth-order valence-electron chi connectivity index (χ4n) is 0.849. The molecule has 3 heteroatoms. The van der Waals surface area contributed by atoms with Crippen LogP contribution in [0, 0.1) is 6.92 Å². The van der Waals surface area contributed by atoms with E-state index in [2.05, 4.69) is 21.2 Å². The van der Waals surface area contributed by atoms with Crippen LogP contribution in [0.5, 0.6) is 0 Å². The Labute approximate surface area is 74.4 Å². The van der Waals surface area contributed by atoms with Gasteiger partial charge < -0.3 is 10.4 Å². The van der Waals surface area contributed by atoms with E-state index < -0.39 is 0 Å². The Kier molecular flexibility index (Phi) is 2.91. The molecule has 1 aromatic carbocycles. The van der Waals surface area contributed by atoms with Gasteiger partial charge in [-0.3, -0.25) is 0 Å². The lowest BCUT2D eigenvalue weighted by molar-refractivity contribution is 0.325. The van der Waals surface area contributed by atoms with Crippen LogP contribution in [0.25, 0.3) is 0 Å². The zero-order valence-electron chi connectivity index (χ0n) is 6.26. The summed E-state index contributed by atoms with van der Waals surface area (Å²) in [6.07, 6.45) is 0. The molecule has 11 heavy (non-hydrogen) atoms. The number of benzene rings is 1. The van der Waals surface area contributed by atoms with Crippen LogP contribution < -0.4 is 5.32 Å². The molecule has 0 aliphatic rings. The molecule has 0 saturated carbocycles. The van der Waals surface area contributed by atoms with Gasteiger partial charge in [-0.25, -0.2) is 0 Å². The fourth-order valence-corrected chi connectivity index (χ4v) is 1.48. The van der Waals surface area contributed by atoms with E-state index in [0.717, 1.165) is 10.2 Å². The Morgan fingerprint density at radius 1 is 1.55 bits per heavy atom. The predicted octanol–water partition coefficient (Wildman–Crippen LogP) is 2.12. The van der Waals surface area contributed by atoms with Crippen LogP contribution in [0.15, 0.2) is 22.7 Å². The molecule has 0 aromatic heterocycles. The van der Waals surface area contributed by atoms with Crippen LogP contribution in [0.3, 0.4) is 0 Å². The topological polar surface area (TPSA) is 32.3 Å². The summed E-state index contributed by atoms with van der Waals surface area (Å²) >= 11 is 3.37. The van der Waals surface area contributed by atoms with Gasteiger partial charge in [0.25, 0.3) is 0 Å².